The van der Waals surface area contributed by atoms with E-state index in [1.54, 1.807) is 0 Å². The summed E-state index contributed by atoms with van der Waals surface area (Å²) in [6.07, 6.45) is 4.80. The molecule has 1 unspecified atom stereocenters. The van der Waals surface area contributed by atoms with E-state index in [2.05, 4.69) is 44.5 Å². The van der Waals surface area contributed by atoms with Crippen molar-refractivity contribution >= 4 is 6.03 Å². The Morgan fingerprint density at radius 1 is 1.19 bits per heavy atom. The lowest BCUT2D eigenvalue weighted by atomic mass is 9.87. The molecule has 7 nitrogen and oxygen atoms in total. The summed E-state index contributed by atoms with van der Waals surface area (Å²) in [6, 6.07) is 10.6. The molecule has 1 atom stereocenters. The number of rotatable bonds is 3. The number of carbonyl (C=O) groups excluding carboxylic acids is 1. The second-order valence-corrected chi connectivity index (χ2v) is 7.25. The van der Waals surface area contributed by atoms with E-state index >= 15 is 0 Å². The van der Waals surface area contributed by atoms with E-state index < -0.39 is 0 Å². The van der Waals surface area contributed by atoms with E-state index in [-0.39, 0.29) is 18.1 Å². The van der Waals surface area contributed by atoms with Crippen molar-refractivity contribution in [2.75, 3.05) is 26.2 Å². The fourth-order valence-corrected chi connectivity index (χ4v) is 4.06. The lowest BCUT2D eigenvalue weighted by Crippen LogP contribution is -2.55. The first-order valence-corrected chi connectivity index (χ1v) is 9.56. The van der Waals surface area contributed by atoms with Crippen molar-refractivity contribution in [3.8, 4) is 0 Å². The predicted molar refractivity (Wildman–Crippen MR) is 102 cm³/mol. The molecule has 2 aromatic rings. The second kappa shape index (κ2) is 7.92. The van der Waals surface area contributed by atoms with Gasteiger partial charge in [0, 0.05) is 38.3 Å². The molecule has 142 valence electrons. The van der Waals surface area contributed by atoms with Crippen LogP contribution in [0.1, 0.15) is 23.2 Å². The molecule has 7 heteroatoms. The number of urea groups is 1. The SMILES string of the molecule is O=C(NCc1cc(=O)[nH]cn1)N1CCN(C2CCc3ccccc3C2)CC1. The molecule has 27 heavy (non-hydrogen) atoms. The number of hydrogen-bond donors (Lipinski definition) is 2. The lowest BCUT2D eigenvalue weighted by Gasteiger charge is -2.41. The van der Waals surface area contributed by atoms with Crippen LogP contribution in [-0.4, -0.2) is 58.0 Å². The van der Waals surface area contributed by atoms with Crippen LogP contribution < -0.4 is 10.9 Å². The zero-order chi connectivity index (χ0) is 18.6. The van der Waals surface area contributed by atoms with Crippen LogP contribution in [0.15, 0.2) is 41.5 Å². The van der Waals surface area contributed by atoms with Crippen molar-refractivity contribution in [3.63, 3.8) is 0 Å². The second-order valence-electron chi connectivity index (χ2n) is 7.25. The van der Waals surface area contributed by atoms with Crippen molar-refractivity contribution in [2.24, 2.45) is 0 Å². The third-order valence-corrected chi connectivity index (χ3v) is 5.59. The third-order valence-electron chi connectivity index (χ3n) is 5.59. The molecule has 1 fully saturated rings. The minimum Gasteiger partial charge on any atom is -0.332 e. The third kappa shape index (κ3) is 4.19. The van der Waals surface area contributed by atoms with Crippen LogP contribution in [0.2, 0.25) is 0 Å². The molecule has 1 aliphatic heterocycles. The Morgan fingerprint density at radius 3 is 2.74 bits per heavy atom. The largest absolute Gasteiger partial charge is 0.332 e. The molecule has 1 aromatic heterocycles. The monoisotopic (exact) mass is 367 g/mol. The normalized spacial score (nSPS) is 20.1. The highest BCUT2D eigenvalue weighted by Crippen LogP contribution is 2.25. The summed E-state index contributed by atoms with van der Waals surface area (Å²) in [4.78, 5) is 34.6. The van der Waals surface area contributed by atoms with Crippen LogP contribution in [0.5, 0.6) is 0 Å². The van der Waals surface area contributed by atoms with Gasteiger partial charge in [-0.1, -0.05) is 24.3 Å². The summed E-state index contributed by atoms with van der Waals surface area (Å²) in [7, 11) is 0. The topological polar surface area (TPSA) is 81.3 Å². The minimum absolute atomic E-state index is 0.0919. The predicted octanol–water partition coefficient (Wildman–Crippen LogP) is 1.15. The Bertz CT molecular complexity index is 857. The number of aryl methyl sites for hydroxylation is 1. The summed E-state index contributed by atoms with van der Waals surface area (Å²) in [5.74, 6) is 0. The van der Waals surface area contributed by atoms with E-state index in [0.717, 1.165) is 39.0 Å². The quantitative estimate of drug-likeness (QED) is 0.853. The maximum Gasteiger partial charge on any atom is 0.317 e. The van der Waals surface area contributed by atoms with Gasteiger partial charge in [-0.15, -0.1) is 0 Å². The van der Waals surface area contributed by atoms with Gasteiger partial charge in [0.2, 0.25) is 0 Å². The van der Waals surface area contributed by atoms with Gasteiger partial charge in [0.15, 0.2) is 0 Å². The number of aromatic nitrogens is 2. The summed E-state index contributed by atoms with van der Waals surface area (Å²) >= 11 is 0. The molecule has 2 heterocycles. The van der Waals surface area contributed by atoms with Crippen molar-refractivity contribution < 1.29 is 4.79 Å². The molecule has 2 N–H and O–H groups in total. The lowest BCUT2D eigenvalue weighted by molar-refractivity contribution is 0.101. The van der Waals surface area contributed by atoms with Crippen LogP contribution in [0, 0.1) is 0 Å². The van der Waals surface area contributed by atoms with Gasteiger partial charge in [-0.3, -0.25) is 9.69 Å². The van der Waals surface area contributed by atoms with Gasteiger partial charge in [0.1, 0.15) is 0 Å². The zero-order valence-corrected chi connectivity index (χ0v) is 15.4. The van der Waals surface area contributed by atoms with Gasteiger partial charge in [0.25, 0.3) is 5.56 Å². The summed E-state index contributed by atoms with van der Waals surface area (Å²) in [5.41, 5.74) is 3.31. The highest BCUT2D eigenvalue weighted by Gasteiger charge is 2.28. The number of H-pyrrole nitrogens is 1. The number of piperazine rings is 1. The van der Waals surface area contributed by atoms with Gasteiger partial charge in [-0.05, 0) is 30.4 Å². The first-order chi connectivity index (χ1) is 13.2. The Morgan fingerprint density at radius 2 is 1.96 bits per heavy atom. The first-order valence-electron chi connectivity index (χ1n) is 9.56. The van der Waals surface area contributed by atoms with Gasteiger partial charge in [0.05, 0.1) is 18.6 Å². The van der Waals surface area contributed by atoms with Crippen LogP contribution in [-0.2, 0) is 19.4 Å². The van der Waals surface area contributed by atoms with Crippen molar-refractivity contribution in [1.29, 1.82) is 0 Å². The molecular formula is C20H25N5O2. The molecule has 2 amide bonds. The van der Waals surface area contributed by atoms with E-state index in [1.807, 2.05) is 4.90 Å². The van der Waals surface area contributed by atoms with Crippen LogP contribution in [0.25, 0.3) is 0 Å². The molecule has 0 bridgehead atoms. The zero-order valence-electron chi connectivity index (χ0n) is 15.4. The van der Waals surface area contributed by atoms with E-state index in [1.165, 1.54) is 29.9 Å². The molecule has 0 spiro atoms. The van der Waals surface area contributed by atoms with E-state index in [0.29, 0.717) is 11.7 Å². The first kappa shape index (κ1) is 17.7. The number of nitrogens with one attached hydrogen (secondary N) is 2. The van der Waals surface area contributed by atoms with Crippen molar-refractivity contribution in [2.45, 2.75) is 31.8 Å². The van der Waals surface area contributed by atoms with Crippen molar-refractivity contribution in [1.82, 2.24) is 25.1 Å². The van der Waals surface area contributed by atoms with Crippen LogP contribution >= 0.6 is 0 Å². The standard InChI is InChI=1S/C20H25N5O2/c26-19-12-17(22-14-23-19)13-21-20(27)25-9-7-24(8-10-25)18-6-5-15-3-1-2-4-16(15)11-18/h1-4,12,14,18H,5-11,13H2,(H,21,27)(H,22,23,26). The average molecular weight is 367 g/mol. The Balaban J connectivity index is 1.26. The van der Waals surface area contributed by atoms with Gasteiger partial charge >= 0.3 is 6.03 Å². The average Bonchev–Trinajstić information content (AvgIpc) is 2.72. The molecule has 2 aliphatic rings. The molecule has 0 radical (unpaired) electrons. The number of hydrogen-bond acceptors (Lipinski definition) is 4. The van der Waals surface area contributed by atoms with Gasteiger partial charge in [-0.25, -0.2) is 9.78 Å². The van der Waals surface area contributed by atoms with E-state index in [4.69, 9.17) is 0 Å². The number of carbonyl (C=O) groups is 1. The van der Waals surface area contributed by atoms with Crippen molar-refractivity contribution in [3.05, 3.63) is 63.8 Å². The number of aromatic amines is 1. The summed E-state index contributed by atoms with van der Waals surface area (Å²) in [5, 5.41) is 2.86. The van der Waals surface area contributed by atoms with Crippen LogP contribution in [0.4, 0.5) is 4.79 Å². The highest BCUT2D eigenvalue weighted by atomic mass is 16.2. The Kier molecular flexibility index (Phi) is 5.20. The Labute approximate surface area is 158 Å². The number of fused-ring (bicyclic) bond motifs is 1. The maximum atomic E-state index is 12.4. The molecule has 1 aromatic carbocycles. The fourth-order valence-electron chi connectivity index (χ4n) is 4.06. The number of amides is 2. The molecule has 1 aliphatic carbocycles. The van der Waals surface area contributed by atoms with Gasteiger partial charge < -0.3 is 15.2 Å². The summed E-state index contributed by atoms with van der Waals surface area (Å²) in [6.45, 7) is 3.54. The Hall–Kier alpha value is -2.67. The number of nitrogens with zero attached hydrogens (tertiary/aromatic N) is 3. The highest BCUT2D eigenvalue weighted by molar-refractivity contribution is 5.74. The minimum atomic E-state index is -0.211. The smallest absolute Gasteiger partial charge is 0.317 e. The summed E-state index contributed by atoms with van der Waals surface area (Å²) < 4.78 is 0. The molecular weight excluding hydrogens is 342 g/mol. The van der Waals surface area contributed by atoms with Gasteiger partial charge in [-0.2, -0.15) is 0 Å². The van der Waals surface area contributed by atoms with E-state index in [9.17, 15) is 9.59 Å². The molecule has 0 saturated carbocycles. The van der Waals surface area contributed by atoms with Crippen LogP contribution in [0.3, 0.4) is 0 Å². The molecule has 1 saturated heterocycles. The fraction of sp³-hybridized carbons (Fsp3) is 0.450. The maximum absolute atomic E-state index is 12.4. The number of benzene rings is 1. The molecule has 4 rings (SSSR count).